The Morgan fingerprint density at radius 2 is 1.54 bits per heavy atom. The molecule has 3 aromatic heterocycles. The van der Waals surface area contributed by atoms with Crippen LogP contribution in [0.3, 0.4) is 0 Å². The maximum atomic E-state index is 5.93. The van der Waals surface area contributed by atoms with E-state index in [1.54, 1.807) is 6.20 Å². The van der Waals surface area contributed by atoms with E-state index in [0.717, 1.165) is 49.3 Å². The first kappa shape index (κ1) is 17.0. The molecule has 1 fully saturated rings. The summed E-state index contributed by atoms with van der Waals surface area (Å²) in [6, 6.07) is 7.85. The smallest absolute Gasteiger partial charge is 0.178 e. The second-order valence-electron chi connectivity index (χ2n) is 7.54. The molecule has 4 heterocycles. The highest BCUT2D eigenvalue weighted by atomic mass is 35.5. The lowest BCUT2D eigenvalue weighted by Gasteiger charge is -2.36. The Hall–Kier alpha value is -2.41. The van der Waals surface area contributed by atoms with Gasteiger partial charge in [0.2, 0.25) is 0 Å². The molecule has 4 rings (SSSR count). The van der Waals surface area contributed by atoms with Crippen molar-refractivity contribution in [1.29, 1.82) is 0 Å². The maximum Gasteiger partial charge on any atom is 0.178 e. The molecule has 0 amide bonds. The van der Waals surface area contributed by atoms with Crippen molar-refractivity contribution >= 4 is 28.9 Å². The zero-order valence-corrected chi connectivity index (χ0v) is 16.0. The van der Waals surface area contributed by atoms with Crippen LogP contribution in [0, 0.1) is 0 Å². The Balaban J connectivity index is 1.53. The van der Waals surface area contributed by atoms with Gasteiger partial charge in [-0.05, 0) is 24.3 Å². The van der Waals surface area contributed by atoms with Crippen LogP contribution in [0.5, 0.6) is 0 Å². The lowest BCUT2D eigenvalue weighted by atomic mass is 9.96. The second-order valence-corrected chi connectivity index (χ2v) is 7.98. The fourth-order valence-electron chi connectivity index (χ4n) is 3.14. The van der Waals surface area contributed by atoms with Crippen LogP contribution in [-0.2, 0) is 5.41 Å². The Morgan fingerprint density at radius 3 is 2.15 bits per heavy atom. The van der Waals surface area contributed by atoms with Crippen molar-refractivity contribution in [1.82, 2.24) is 24.8 Å². The lowest BCUT2D eigenvalue weighted by Crippen LogP contribution is -2.47. The van der Waals surface area contributed by atoms with Gasteiger partial charge < -0.3 is 9.80 Å². The first-order chi connectivity index (χ1) is 12.4. The quantitative estimate of drug-likeness (QED) is 0.690. The summed E-state index contributed by atoms with van der Waals surface area (Å²) >= 11 is 5.93. The Bertz CT molecular complexity index is 905. The number of piperazine rings is 1. The van der Waals surface area contributed by atoms with Gasteiger partial charge in [0, 0.05) is 37.8 Å². The monoisotopic (exact) mass is 371 g/mol. The first-order valence-corrected chi connectivity index (χ1v) is 9.14. The highest BCUT2D eigenvalue weighted by Gasteiger charge is 2.24. The van der Waals surface area contributed by atoms with Crippen LogP contribution in [0.1, 0.15) is 26.6 Å². The van der Waals surface area contributed by atoms with Gasteiger partial charge in [-0.2, -0.15) is 4.52 Å². The number of aromatic nitrogens is 5. The van der Waals surface area contributed by atoms with E-state index in [-0.39, 0.29) is 5.41 Å². The largest absolute Gasteiger partial charge is 0.353 e. The van der Waals surface area contributed by atoms with Gasteiger partial charge in [-0.3, -0.25) is 0 Å². The van der Waals surface area contributed by atoms with E-state index < -0.39 is 0 Å². The number of nitrogens with zero attached hydrogens (tertiary/aromatic N) is 7. The number of anilines is 2. The number of pyridine rings is 1. The molecule has 136 valence electrons. The van der Waals surface area contributed by atoms with E-state index in [1.165, 1.54) is 0 Å². The average molecular weight is 372 g/mol. The zero-order chi connectivity index (χ0) is 18.3. The number of fused-ring (bicyclic) bond motifs is 1. The molecule has 1 aliphatic heterocycles. The Kier molecular flexibility index (Phi) is 4.19. The normalized spacial score (nSPS) is 15.7. The van der Waals surface area contributed by atoms with E-state index >= 15 is 0 Å². The number of halogens is 1. The van der Waals surface area contributed by atoms with Gasteiger partial charge in [-0.25, -0.2) is 4.98 Å². The summed E-state index contributed by atoms with van der Waals surface area (Å²) in [4.78, 5) is 8.97. The van der Waals surface area contributed by atoms with Crippen LogP contribution >= 0.6 is 11.6 Å². The molecule has 0 atom stereocenters. The minimum atomic E-state index is -0.107. The fraction of sp³-hybridized carbons (Fsp3) is 0.444. The highest BCUT2D eigenvalue weighted by Crippen LogP contribution is 2.23. The lowest BCUT2D eigenvalue weighted by molar-refractivity contribution is 0.525. The number of hydrogen-bond acceptors (Lipinski definition) is 6. The Labute approximate surface area is 157 Å². The zero-order valence-electron chi connectivity index (χ0n) is 15.2. The third-order valence-corrected chi connectivity index (χ3v) is 4.78. The summed E-state index contributed by atoms with van der Waals surface area (Å²) in [5.41, 5.74) is 0.673. The van der Waals surface area contributed by atoms with Gasteiger partial charge in [-0.1, -0.05) is 32.4 Å². The van der Waals surface area contributed by atoms with Crippen molar-refractivity contribution in [2.24, 2.45) is 0 Å². The SMILES string of the molecule is CC(C)(C)c1nnc2ccc(N3CCN(c4ccc(Cl)cn4)CC3)nn12. The molecule has 1 saturated heterocycles. The molecule has 0 aromatic carbocycles. The van der Waals surface area contributed by atoms with Crippen molar-refractivity contribution in [3.8, 4) is 0 Å². The van der Waals surface area contributed by atoms with E-state index in [1.807, 2.05) is 28.8 Å². The third-order valence-electron chi connectivity index (χ3n) is 4.56. The fourth-order valence-corrected chi connectivity index (χ4v) is 3.25. The van der Waals surface area contributed by atoms with Crippen LogP contribution in [0.4, 0.5) is 11.6 Å². The topological polar surface area (TPSA) is 62.5 Å². The average Bonchev–Trinajstić information content (AvgIpc) is 3.06. The van der Waals surface area contributed by atoms with Crippen LogP contribution < -0.4 is 9.80 Å². The van der Waals surface area contributed by atoms with Crippen molar-refractivity contribution in [3.05, 3.63) is 41.3 Å². The molecule has 0 saturated carbocycles. The van der Waals surface area contributed by atoms with Crippen molar-refractivity contribution in [2.75, 3.05) is 36.0 Å². The summed E-state index contributed by atoms with van der Waals surface area (Å²) in [6.45, 7) is 9.91. The van der Waals surface area contributed by atoms with Crippen molar-refractivity contribution in [3.63, 3.8) is 0 Å². The molecule has 0 bridgehead atoms. The molecule has 1 aliphatic rings. The molecule has 7 nitrogen and oxygen atoms in total. The van der Waals surface area contributed by atoms with Crippen LogP contribution in [0.2, 0.25) is 5.02 Å². The maximum absolute atomic E-state index is 5.93. The number of hydrogen-bond donors (Lipinski definition) is 0. The second kappa shape index (κ2) is 6.39. The van der Waals surface area contributed by atoms with E-state index in [0.29, 0.717) is 5.02 Å². The summed E-state index contributed by atoms with van der Waals surface area (Å²) < 4.78 is 1.86. The molecule has 0 N–H and O–H groups in total. The predicted octanol–water partition coefficient (Wildman–Crippen LogP) is 2.80. The molecule has 0 aliphatic carbocycles. The molecule has 0 radical (unpaired) electrons. The van der Waals surface area contributed by atoms with E-state index in [9.17, 15) is 0 Å². The van der Waals surface area contributed by atoms with Crippen LogP contribution in [-0.4, -0.2) is 51.0 Å². The molecule has 0 unspecified atom stereocenters. The molecule has 26 heavy (non-hydrogen) atoms. The third kappa shape index (κ3) is 3.19. The molecule has 3 aromatic rings. The minimum Gasteiger partial charge on any atom is -0.353 e. The molecular weight excluding hydrogens is 350 g/mol. The Morgan fingerprint density at radius 1 is 0.885 bits per heavy atom. The summed E-state index contributed by atoms with van der Waals surface area (Å²) in [5, 5.41) is 14.0. The summed E-state index contributed by atoms with van der Waals surface area (Å²) in [6.07, 6.45) is 1.69. The molecule has 8 heteroatoms. The van der Waals surface area contributed by atoms with Crippen molar-refractivity contribution in [2.45, 2.75) is 26.2 Å². The van der Waals surface area contributed by atoms with Crippen molar-refractivity contribution < 1.29 is 0 Å². The highest BCUT2D eigenvalue weighted by molar-refractivity contribution is 6.30. The first-order valence-electron chi connectivity index (χ1n) is 8.76. The number of rotatable bonds is 2. The predicted molar refractivity (Wildman–Crippen MR) is 103 cm³/mol. The molecule has 0 spiro atoms. The van der Waals surface area contributed by atoms with Gasteiger partial charge in [0.15, 0.2) is 11.5 Å². The van der Waals surface area contributed by atoms with Gasteiger partial charge in [0.25, 0.3) is 0 Å². The van der Waals surface area contributed by atoms with E-state index in [4.69, 9.17) is 16.7 Å². The van der Waals surface area contributed by atoms with Crippen LogP contribution in [0.15, 0.2) is 30.5 Å². The van der Waals surface area contributed by atoms with Gasteiger partial charge >= 0.3 is 0 Å². The van der Waals surface area contributed by atoms with Gasteiger partial charge in [0.05, 0.1) is 5.02 Å². The molecular formula is C18H22ClN7. The summed E-state index contributed by atoms with van der Waals surface area (Å²) in [7, 11) is 0. The standard InChI is InChI=1S/C18H22ClN7/c1-18(2,3)17-22-21-15-6-7-16(23-26(15)17)25-10-8-24(9-11-25)14-5-4-13(19)12-20-14/h4-7,12H,8-11H2,1-3H3. The van der Waals surface area contributed by atoms with E-state index in [2.05, 4.69) is 45.8 Å². The van der Waals surface area contributed by atoms with Gasteiger partial charge in [0.1, 0.15) is 11.6 Å². The van der Waals surface area contributed by atoms with Gasteiger partial charge in [-0.15, -0.1) is 15.3 Å². The minimum absolute atomic E-state index is 0.107. The summed E-state index contributed by atoms with van der Waals surface area (Å²) in [5.74, 6) is 2.79. The van der Waals surface area contributed by atoms with Crippen LogP contribution in [0.25, 0.3) is 5.65 Å².